The Morgan fingerprint density at radius 2 is 1.96 bits per heavy atom. The lowest BCUT2D eigenvalue weighted by Gasteiger charge is -2.51. The van der Waals surface area contributed by atoms with Crippen LogP contribution in [0.1, 0.15) is 18.4 Å². The van der Waals surface area contributed by atoms with E-state index in [0.29, 0.717) is 38.7 Å². The highest BCUT2D eigenvalue weighted by molar-refractivity contribution is 5.82. The van der Waals surface area contributed by atoms with Crippen molar-refractivity contribution in [3.63, 3.8) is 0 Å². The van der Waals surface area contributed by atoms with E-state index in [1.807, 2.05) is 0 Å². The minimum absolute atomic E-state index is 0.0213. The molecule has 152 valence electrons. The molecule has 0 radical (unpaired) electrons. The molecule has 0 atom stereocenters. The number of carbonyl (C=O) groups excluding carboxylic acids is 2. The molecule has 1 N–H and O–H groups in total. The number of nitrogens with zero attached hydrogens (tertiary/aromatic N) is 2. The monoisotopic (exact) mass is 401 g/mol. The van der Waals surface area contributed by atoms with Crippen LogP contribution >= 0.6 is 0 Å². The van der Waals surface area contributed by atoms with Crippen molar-refractivity contribution in [1.29, 1.82) is 0 Å². The number of hydrogen-bond donors (Lipinski definition) is 1. The number of ether oxygens (including phenoxy) is 1. The third-order valence-corrected chi connectivity index (χ3v) is 5.45. The van der Waals surface area contributed by atoms with Gasteiger partial charge in [-0.15, -0.1) is 0 Å². The van der Waals surface area contributed by atoms with Crippen molar-refractivity contribution in [2.24, 2.45) is 5.92 Å². The van der Waals surface area contributed by atoms with Gasteiger partial charge < -0.3 is 19.9 Å². The van der Waals surface area contributed by atoms with Crippen LogP contribution in [0.5, 0.6) is 5.75 Å². The summed E-state index contributed by atoms with van der Waals surface area (Å²) in [5.41, 5.74) is -1.58. The number of carbonyl (C=O) groups is 2. The summed E-state index contributed by atoms with van der Waals surface area (Å²) in [5, 5.41) is 2.92. The molecule has 3 fully saturated rings. The summed E-state index contributed by atoms with van der Waals surface area (Å²) in [5.74, 6) is -1.29. The Bertz CT molecular complexity index is 802. The second-order valence-electron chi connectivity index (χ2n) is 7.69. The lowest BCUT2D eigenvalue weighted by atomic mass is 9.88. The second kappa shape index (κ2) is 6.52. The number of rotatable bonds is 3. The Morgan fingerprint density at radius 3 is 2.54 bits per heavy atom. The fourth-order valence-electron chi connectivity index (χ4n) is 3.89. The topological polar surface area (TPSA) is 61.9 Å². The number of hydrogen-bond acceptors (Lipinski definition) is 3. The van der Waals surface area contributed by atoms with E-state index in [-0.39, 0.29) is 35.8 Å². The zero-order valence-corrected chi connectivity index (χ0v) is 14.9. The minimum atomic E-state index is -4.74. The third-order valence-electron chi connectivity index (χ3n) is 5.45. The van der Waals surface area contributed by atoms with Crippen molar-refractivity contribution < 1.29 is 31.9 Å². The summed E-state index contributed by atoms with van der Waals surface area (Å²) < 4.78 is 56.6. The Labute approximate surface area is 158 Å². The average molecular weight is 401 g/mol. The molecule has 1 aromatic rings. The van der Waals surface area contributed by atoms with Crippen LogP contribution < -0.4 is 10.1 Å². The van der Waals surface area contributed by atoms with E-state index in [4.69, 9.17) is 4.74 Å². The first-order chi connectivity index (χ1) is 13.2. The highest BCUT2D eigenvalue weighted by Crippen LogP contribution is 2.34. The maximum atomic E-state index is 13.5. The molecule has 0 bridgehead atoms. The summed E-state index contributed by atoms with van der Waals surface area (Å²) >= 11 is 0. The van der Waals surface area contributed by atoms with Gasteiger partial charge in [0.05, 0.1) is 17.7 Å². The first kappa shape index (κ1) is 18.8. The second-order valence-corrected chi connectivity index (χ2v) is 7.69. The lowest BCUT2D eigenvalue weighted by Crippen LogP contribution is -2.71. The summed E-state index contributed by atoms with van der Waals surface area (Å²) in [6, 6.07) is 2.37. The molecular weight excluding hydrogens is 382 g/mol. The predicted molar refractivity (Wildman–Crippen MR) is 89.0 cm³/mol. The molecular formula is C18H19F4N3O3. The molecule has 28 heavy (non-hydrogen) atoms. The van der Waals surface area contributed by atoms with Gasteiger partial charge in [0.2, 0.25) is 5.91 Å². The van der Waals surface area contributed by atoms with Crippen molar-refractivity contribution in [3.8, 4) is 5.75 Å². The fraction of sp³-hybridized carbons (Fsp3) is 0.556. The first-order valence-electron chi connectivity index (χ1n) is 9.00. The van der Waals surface area contributed by atoms with Crippen LogP contribution in [0.4, 0.5) is 22.4 Å². The maximum Gasteiger partial charge on any atom is 0.419 e. The van der Waals surface area contributed by atoms with Gasteiger partial charge in [-0.25, -0.2) is 9.18 Å². The van der Waals surface area contributed by atoms with Gasteiger partial charge >= 0.3 is 12.2 Å². The predicted octanol–water partition coefficient (Wildman–Crippen LogP) is 2.24. The summed E-state index contributed by atoms with van der Waals surface area (Å²) in [7, 11) is 0. The molecule has 1 aromatic carbocycles. The van der Waals surface area contributed by atoms with Crippen molar-refractivity contribution in [2.75, 3.05) is 32.8 Å². The maximum absolute atomic E-state index is 13.5. The van der Waals surface area contributed by atoms with Crippen LogP contribution in [0, 0.1) is 11.7 Å². The van der Waals surface area contributed by atoms with Gasteiger partial charge in [-0.2, -0.15) is 13.2 Å². The number of likely N-dealkylation sites (tertiary alicyclic amines) is 2. The molecule has 0 saturated carbocycles. The molecule has 3 aliphatic heterocycles. The zero-order valence-electron chi connectivity index (χ0n) is 14.9. The zero-order chi connectivity index (χ0) is 20.1. The van der Waals surface area contributed by atoms with Gasteiger partial charge in [0.25, 0.3) is 0 Å². The molecule has 0 unspecified atom stereocenters. The minimum Gasteiger partial charge on any atom is -0.493 e. The third kappa shape index (κ3) is 3.47. The van der Waals surface area contributed by atoms with E-state index < -0.39 is 17.6 Å². The van der Waals surface area contributed by atoms with Crippen LogP contribution in [0.2, 0.25) is 0 Å². The number of urea groups is 1. The number of amides is 3. The SMILES string of the molecule is O=C1CCC2(CN(C(=O)N3CC(COc4ccc(C(F)(F)F)c(F)c4)C3)C2)N1. The van der Waals surface area contributed by atoms with Crippen LogP contribution in [0.3, 0.4) is 0 Å². The molecule has 6 nitrogen and oxygen atoms in total. The van der Waals surface area contributed by atoms with Gasteiger partial charge in [0, 0.05) is 44.6 Å². The van der Waals surface area contributed by atoms with E-state index in [0.717, 1.165) is 18.6 Å². The molecule has 3 aliphatic rings. The smallest absolute Gasteiger partial charge is 0.419 e. The van der Waals surface area contributed by atoms with Gasteiger partial charge in [-0.1, -0.05) is 0 Å². The summed E-state index contributed by atoms with van der Waals surface area (Å²) in [6.45, 7) is 2.16. The molecule has 3 heterocycles. The molecule has 4 rings (SSSR count). The Hall–Kier alpha value is -2.52. The Kier molecular flexibility index (Phi) is 4.39. The molecule has 0 aromatic heterocycles. The molecule has 10 heteroatoms. The number of alkyl halides is 3. The quantitative estimate of drug-likeness (QED) is 0.791. The molecule has 3 amide bonds. The van der Waals surface area contributed by atoms with Gasteiger partial charge in [0.1, 0.15) is 11.6 Å². The van der Waals surface area contributed by atoms with Crippen LogP contribution in [-0.4, -0.2) is 60.1 Å². The normalized spacial score (nSPS) is 21.4. The molecule has 0 aliphatic carbocycles. The molecule has 1 spiro atoms. The van der Waals surface area contributed by atoms with E-state index in [9.17, 15) is 27.2 Å². The molecule has 3 saturated heterocycles. The van der Waals surface area contributed by atoms with Crippen molar-refractivity contribution in [3.05, 3.63) is 29.6 Å². The van der Waals surface area contributed by atoms with E-state index in [1.165, 1.54) is 0 Å². The summed E-state index contributed by atoms with van der Waals surface area (Å²) in [6.07, 6.45) is -3.50. The van der Waals surface area contributed by atoms with Crippen molar-refractivity contribution >= 4 is 11.9 Å². The standard InChI is InChI=1S/C18H19F4N3O3/c19-14-5-12(1-2-13(14)18(20,21)22)28-8-11-6-24(7-11)16(27)25-9-17(10-25)4-3-15(26)23-17/h1-2,5,11H,3-4,6-10H2,(H,23,26). The van der Waals surface area contributed by atoms with Gasteiger partial charge in [0.15, 0.2) is 0 Å². The highest BCUT2D eigenvalue weighted by atomic mass is 19.4. The Balaban J connectivity index is 1.21. The largest absolute Gasteiger partial charge is 0.493 e. The van der Waals surface area contributed by atoms with Gasteiger partial charge in [-0.05, 0) is 18.6 Å². The van der Waals surface area contributed by atoms with Crippen LogP contribution in [0.15, 0.2) is 18.2 Å². The van der Waals surface area contributed by atoms with Crippen molar-refractivity contribution in [2.45, 2.75) is 24.6 Å². The number of halogens is 4. The average Bonchev–Trinajstić information content (AvgIpc) is 2.93. The summed E-state index contributed by atoms with van der Waals surface area (Å²) in [4.78, 5) is 27.0. The Morgan fingerprint density at radius 1 is 1.25 bits per heavy atom. The number of nitrogens with one attached hydrogen (secondary N) is 1. The van der Waals surface area contributed by atoms with Crippen molar-refractivity contribution in [1.82, 2.24) is 15.1 Å². The van der Waals surface area contributed by atoms with E-state index in [1.54, 1.807) is 9.80 Å². The fourth-order valence-corrected chi connectivity index (χ4v) is 3.89. The van der Waals surface area contributed by atoms with E-state index >= 15 is 0 Å². The van der Waals surface area contributed by atoms with Gasteiger partial charge in [-0.3, -0.25) is 4.79 Å². The highest BCUT2D eigenvalue weighted by Gasteiger charge is 2.51. The van der Waals surface area contributed by atoms with Crippen LogP contribution in [0.25, 0.3) is 0 Å². The number of benzene rings is 1. The first-order valence-corrected chi connectivity index (χ1v) is 9.00. The lowest BCUT2D eigenvalue weighted by molar-refractivity contribution is -0.140. The van der Waals surface area contributed by atoms with Crippen LogP contribution in [-0.2, 0) is 11.0 Å². The van der Waals surface area contributed by atoms with E-state index in [2.05, 4.69) is 5.32 Å².